The molecule has 1 saturated carbocycles. The van der Waals surface area contributed by atoms with Gasteiger partial charge in [0.05, 0.1) is 0 Å². The zero-order valence-electron chi connectivity index (χ0n) is 4.97. The van der Waals surface area contributed by atoms with E-state index in [0.29, 0.717) is 0 Å². The van der Waals surface area contributed by atoms with Crippen LogP contribution in [0.1, 0.15) is 25.7 Å². The van der Waals surface area contributed by atoms with Gasteiger partial charge in [-0.25, -0.2) is 0 Å². The monoisotopic (exact) mass is 148 g/mol. The first-order valence-electron chi connectivity index (χ1n) is 3.20. The smallest absolute Gasteiger partial charge is 0.00628 e. The zero-order valence-corrected chi connectivity index (χ0v) is 6.68. The summed E-state index contributed by atoms with van der Waals surface area (Å²) in [4.78, 5) is 0. The van der Waals surface area contributed by atoms with Crippen molar-refractivity contribution in [2.75, 3.05) is 5.75 Å². The minimum absolute atomic E-state index is 0.998. The van der Waals surface area contributed by atoms with Crippen LogP contribution >= 0.6 is 22.5 Å². The van der Waals surface area contributed by atoms with Crippen molar-refractivity contribution in [3.05, 3.63) is 0 Å². The molecule has 0 radical (unpaired) electrons. The molecule has 0 heterocycles. The van der Waals surface area contributed by atoms with Gasteiger partial charge in [0, 0.05) is 5.75 Å². The van der Waals surface area contributed by atoms with Crippen LogP contribution in [0.15, 0.2) is 0 Å². The van der Waals surface area contributed by atoms with E-state index in [1.165, 1.54) is 31.4 Å². The van der Waals surface area contributed by atoms with Gasteiger partial charge in [-0.15, -0.1) is 11.7 Å². The number of hydrogen-bond acceptors (Lipinski definition) is 2. The molecule has 0 aromatic carbocycles. The minimum atomic E-state index is 0.998. The fourth-order valence-electron chi connectivity index (χ4n) is 1.28. The van der Waals surface area contributed by atoms with Crippen LogP contribution in [-0.4, -0.2) is 5.75 Å². The highest BCUT2D eigenvalue weighted by atomic mass is 33.1. The minimum Gasteiger partial charge on any atom is -0.111 e. The Morgan fingerprint density at radius 3 is 2.50 bits per heavy atom. The molecular weight excluding hydrogens is 136 g/mol. The summed E-state index contributed by atoms with van der Waals surface area (Å²) < 4.78 is 0. The van der Waals surface area contributed by atoms with E-state index in [9.17, 15) is 0 Å². The highest BCUT2D eigenvalue weighted by Crippen LogP contribution is 2.28. The lowest BCUT2D eigenvalue weighted by atomic mass is 10.1. The second-order valence-electron chi connectivity index (χ2n) is 2.45. The van der Waals surface area contributed by atoms with Gasteiger partial charge in [-0.05, 0) is 18.8 Å². The maximum Gasteiger partial charge on any atom is 0.00628 e. The first-order chi connectivity index (χ1) is 3.93. The Bertz CT molecular complexity index is 57.5. The fourth-order valence-corrected chi connectivity index (χ4v) is 2.46. The lowest BCUT2D eigenvalue weighted by Gasteiger charge is -2.02. The lowest BCUT2D eigenvalue weighted by Crippen LogP contribution is -1.93. The molecule has 0 aromatic heterocycles. The van der Waals surface area contributed by atoms with Gasteiger partial charge in [0.25, 0.3) is 0 Å². The number of rotatable bonds is 2. The Balaban J connectivity index is 2.06. The molecule has 0 aliphatic heterocycles. The van der Waals surface area contributed by atoms with Crippen molar-refractivity contribution in [1.29, 1.82) is 0 Å². The Labute approximate surface area is 60.2 Å². The highest BCUT2D eigenvalue weighted by Gasteiger charge is 2.13. The molecule has 48 valence electrons. The van der Waals surface area contributed by atoms with Gasteiger partial charge in [0.1, 0.15) is 0 Å². The number of thiol groups is 1. The van der Waals surface area contributed by atoms with Gasteiger partial charge in [-0.2, -0.15) is 0 Å². The van der Waals surface area contributed by atoms with Gasteiger partial charge >= 0.3 is 0 Å². The van der Waals surface area contributed by atoms with E-state index >= 15 is 0 Å². The third-order valence-corrected chi connectivity index (χ3v) is 2.85. The summed E-state index contributed by atoms with van der Waals surface area (Å²) in [6, 6.07) is 0. The standard InChI is InChI=1S/C6H12S2/c7-8-5-6-3-1-2-4-6/h6-7H,1-5H2. The van der Waals surface area contributed by atoms with Crippen LogP contribution in [0.25, 0.3) is 0 Å². The molecule has 8 heavy (non-hydrogen) atoms. The summed E-state index contributed by atoms with van der Waals surface area (Å²) in [5.74, 6) is 2.26. The summed E-state index contributed by atoms with van der Waals surface area (Å²) in [5.41, 5.74) is 0. The van der Waals surface area contributed by atoms with E-state index in [1.54, 1.807) is 10.8 Å². The van der Waals surface area contributed by atoms with Crippen LogP contribution in [0.5, 0.6) is 0 Å². The normalized spacial score (nSPS) is 22.1. The lowest BCUT2D eigenvalue weighted by molar-refractivity contribution is 0.624. The van der Waals surface area contributed by atoms with Gasteiger partial charge in [0.15, 0.2) is 0 Å². The molecule has 1 aliphatic rings. The van der Waals surface area contributed by atoms with Gasteiger partial charge in [-0.1, -0.05) is 23.6 Å². The van der Waals surface area contributed by atoms with Crippen molar-refractivity contribution in [3.63, 3.8) is 0 Å². The Hall–Kier alpha value is 0.700. The SMILES string of the molecule is SSCC1CCCC1. The van der Waals surface area contributed by atoms with E-state index in [0.717, 1.165) is 5.92 Å². The Kier molecular flexibility index (Phi) is 3.13. The van der Waals surface area contributed by atoms with E-state index in [4.69, 9.17) is 0 Å². The van der Waals surface area contributed by atoms with Crippen molar-refractivity contribution in [3.8, 4) is 0 Å². The molecule has 1 fully saturated rings. The van der Waals surface area contributed by atoms with Gasteiger partial charge in [-0.3, -0.25) is 0 Å². The van der Waals surface area contributed by atoms with Crippen LogP contribution in [0.2, 0.25) is 0 Å². The van der Waals surface area contributed by atoms with Crippen molar-refractivity contribution < 1.29 is 0 Å². The van der Waals surface area contributed by atoms with Crippen LogP contribution in [-0.2, 0) is 0 Å². The van der Waals surface area contributed by atoms with Crippen LogP contribution in [0, 0.1) is 5.92 Å². The molecule has 0 atom stereocenters. The first-order valence-corrected chi connectivity index (χ1v) is 5.23. The first kappa shape index (κ1) is 6.81. The van der Waals surface area contributed by atoms with E-state index in [-0.39, 0.29) is 0 Å². The number of hydrogen-bond donors (Lipinski definition) is 1. The van der Waals surface area contributed by atoms with Crippen LogP contribution in [0.3, 0.4) is 0 Å². The predicted octanol–water partition coefficient (Wildman–Crippen LogP) is 2.75. The van der Waals surface area contributed by atoms with Crippen molar-refractivity contribution >= 4 is 22.5 Å². The van der Waals surface area contributed by atoms with E-state index in [1.807, 2.05) is 0 Å². The van der Waals surface area contributed by atoms with Gasteiger partial charge in [0.2, 0.25) is 0 Å². The fraction of sp³-hybridized carbons (Fsp3) is 1.00. The summed E-state index contributed by atoms with van der Waals surface area (Å²) in [6.07, 6.45) is 5.82. The van der Waals surface area contributed by atoms with Crippen LogP contribution < -0.4 is 0 Å². The summed E-state index contributed by atoms with van der Waals surface area (Å²) >= 11 is 4.11. The van der Waals surface area contributed by atoms with E-state index in [2.05, 4.69) is 11.7 Å². The largest absolute Gasteiger partial charge is 0.111 e. The van der Waals surface area contributed by atoms with Crippen LogP contribution in [0.4, 0.5) is 0 Å². The molecule has 0 N–H and O–H groups in total. The molecule has 0 spiro atoms. The molecule has 0 aromatic rings. The average molecular weight is 148 g/mol. The maximum absolute atomic E-state index is 4.11. The summed E-state index contributed by atoms with van der Waals surface area (Å²) in [7, 11) is 1.69. The summed E-state index contributed by atoms with van der Waals surface area (Å²) in [5, 5.41) is 0. The Morgan fingerprint density at radius 2 is 2.00 bits per heavy atom. The van der Waals surface area contributed by atoms with Crippen molar-refractivity contribution in [2.24, 2.45) is 5.92 Å². The molecule has 1 aliphatic carbocycles. The van der Waals surface area contributed by atoms with Crippen molar-refractivity contribution in [1.82, 2.24) is 0 Å². The Morgan fingerprint density at radius 1 is 1.38 bits per heavy atom. The predicted molar refractivity (Wildman–Crippen MR) is 43.4 cm³/mol. The van der Waals surface area contributed by atoms with Gasteiger partial charge < -0.3 is 0 Å². The third kappa shape index (κ3) is 1.90. The summed E-state index contributed by atoms with van der Waals surface area (Å²) in [6.45, 7) is 0. The van der Waals surface area contributed by atoms with Crippen molar-refractivity contribution in [2.45, 2.75) is 25.7 Å². The second kappa shape index (κ2) is 3.67. The molecule has 0 nitrogen and oxygen atoms in total. The maximum atomic E-state index is 4.11. The molecule has 0 amide bonds. The molecule has 0 bridgehead atoms. The molecule has 1 rings (SSSR count). The molecule has 0 saturated heterocycles. The molecule has 0 unspecified atom stereocenters. The zero-order chi connectivity index (χ0) is 5.82. The quantitative estimate of drug-likeness (QED) is 0.464. The highest BCUT2D eigenvalue weighted by molar-refractivity contribution is 8.68. The van der Waals surface area contributed by atoms with E-state index < -0.39 is 0 Å². The topological polar surface area (TPSA) is 0 Å². The third-order valence-electron chi connectivity index (χ3n) is 1.78. The molecule has 2 heteroatoms. The molecular formula is C6H12S2. The second-order valence-corrected chi connectivity index (χ2v) is 3.81. The average Bonchev–Trinajstić information content (AvgIpc) is 2.19.